The zero-order valence-electron chi connectivity index (χ0n) is 19.5. The van der Waals surface area contributed by atoms with Crippen LogP contribution in [0.4, 0.5) is 5.69 Å². The second-order valence-corrected chi connectivity index (χ2v) is 8.97. The Bertz CT molecular complexity index is 1300. The third-order valence-corrected chi connectivity index (χ3v) is 6.98. The third kappa shape index (κ3) is 3.59. The molecule has 0 fully saturated rings. The summed E-state index contributed by atoms with van der Waals surface area (Å²) in [5.74, 6) is 0. The van der Waals surface area contributed by atoms with Gasteiger partial charge in [-0.15, -0.1) is 0 Å². The van der Waals surface area contributed by atoms with Gasteiger partial charge in [0.05, 0.1) is 0 Å². The summed E-state index contributed by atoms with van der Waals surface area (Å²) in [5, 5.41) is 5.68. The smallest absolute Gasteiger partial charge is 0.130 e. The van der Waals surface area contributed by atoms with Crippen molar-refractivity contribution in [2.45, 2.75) is 5.54 Å². The molecule has 2 aliphatic rings. The topological polar surface area (TPSA) is 53.3 Å². The van der Waals surface area contributed by atoms with E-state index in [1.165, 1.54) is 27.8 Å². The molecule has 0 radical (unpaired) electrons. The number of nitrogens with one attached hydrogen (secondary N) is 2. The molecule has 172 valence electrons. The number of nitrogens with zero attached hydrogens (tertiary/aromatic N) is 1. The first kappa shape index (κ1) is 21.3. The molecular weight excluding hydrogens is 428 g/mol. The van der Waals surface area contributed by atoms with Crippen LogP contribution in [-0.4, -0.2) is 18.1 Å². The molecule has 0 amide bonds. The predicted octanol–water partition coefficient (Wildman–Crippen LogP) is 5.56. The second kappa shape index (κ2) is 8.82. The van der Waals surface area contributed by atoms with E-state index < -0.39 is 5.54 Å². The molecule has 0 unspecified atom stereocenters. The summed E-state index contributed by atoms with van der Waals surface area (Å²) in [6.07, 6.45) is 4.29. The van der Waals surface area contributed by atoms with Gasteiger partial charge in [-0.25, -0.2) is 5.43 Å². The highest BCUT2D eigenvalue weighted by atomic mass is 15.5. The maximum Gasteiger partial charge on any atom is 0.130 e. The van der Waals surface area contributed by atoms with Crippen LogP contribution in [0.2, 0.25) is 0 Å². The molecule has 0 saturated carbocycles. The molecule has 6 rings (SSSR count). The highest BCUT2D eigenvalue weighted by Gasteiger charge is 2.43. The number of nitrogens with two attached hydrogens (primary N) is 1. The molecule has 4 aromatic carbocycles. The summed E-state index contributed by atoms with van der Waals surface area (Å²) in [4.78, 5) is 0. The van der Waals surface area contributed by atoms with Gasteiger partial charge < -0.3 is 11.1 Å². The minimum absolute atomic E-state index is 0.541. The number of hydrogen-bond donors (Lipinski definition) is 3. The van der Waals surface area contributed by atoms with Gasteiger partial charge in [0.1, 0.15) is 5.54 Å². The van der Waals surface area contributed by atoms with Crippen molar-refractivity contribution in [3.8, 4) is 0 Å². The Kier molecular flexibility index (Phi) is 5.36. The maximum absolute atomic E-state index is 6.31. The lowest BCUT2D eigenvalue weighted by Crippen LogP contribution is -2.49. The average Bonchev–Trinajstić information content (AvgIpc) is 3.42. The summed E-state index contributed by atoms with van der Waals surface area (Å²) in [6, 6.07) is 38.7. The molecule has 0 aliphatic carbocycles. The van der Waals surface area contributed by atoms with Crippen LogP contribution in [0.1, 0.15) is 27.8 Å². The largest absolute Gasteiger partial charge is 0.398 e. The lowest BCUT2D eigenvalue weighted by molar-refractivity contribution is 0.179. The van der Waals surface area contributed by atoms with Crippen LogP contribution in [-0.2, 0) is 5.54 Å². The Labute approximate surface area is 206 Å². The van der Waals surface area contributed by atoms with Crippen molar-refractivity contribution in [3.05, 3.63) is 149 Å². The van der Waals surface area contributed by atoms with Gasteiger partial charge >= 0.3 is 0 Å². The van der Waals surface area contributed by atoms with Gasteiger partial charge in [-0.3, -0.25) is 5.01 Å². The van der Waals surface area contributed by atoms with E-state index in [4.69, 9.17) is 5.73 Å². The molecule has 35 heavy (non-hydrogen) atoms. The molecular formula is C31H28N4. The van der Waals surface area contributed by atoms with Crippen molar-refractivity contribution < 1.29 is 0 Å². The minimum atomic E-state index is -0.541. The summed E-state index contributed by atoms with van der Waals surface area (Å²) in [6.45, 7) is 1.49. The molecule has 0 saturated heterocycles. The molecule has 4 N–H and O–H groups in total. The number of fused-ring (bicyclic) bond motifs is 1. The lowest BCUT2D eigenvalue weighted by atomic mass is 9.76. The molecule has 4 nitrogen and oxygen atoms in total. The number of rotatable bonds is 5. The summed E-state index contributed by atoms with van der Waals surface area (Å²) in [5.41, 5.74) is 18.4. The molecule has 2 heterocycles. The maximum atomic E-state index is 6.31. The monoisotopic (exact) mass is 456 g/mol. The minimum Gasteiger partial charge on any atom is -0.398 e. The van der Waals surface area contributed by atoms with Gasteiger partial charge in [0.2, 0.25) is 0 Å². The first-order valence-corrected chi connectivity index (χ1v) is 12.0. The number of hydrazine groups is 1. The van der Waals surface area contributed by atoms with E-state index in [0.717, 1.165) is 30.0 Å². The van der Waals surface area contributed by atoms with Crippen LogP contribution >= 0.6 is 0 Å². The highest BCUT2D eigenvalue weighted by Crippen LogP contribution is 2.43. The third-order valence-electron chi connectivity index (χ3n) is 6.98. The van der Waals surface area contributed by atoms with E-state index in [1.807, 2.05) is 6.08 Å². The van der Waals surface area contributed by atoms with Crippen LogP contribution in [0.3, 0.4) is 0 Å². The zero-order valence-corrected chi connectivity index (χ0v) is 19.5. The first-order valence-electron chi connectivity index (χ1n) is 12.0. The fraction of sp³-hybridized carbons (Fsp3) is 0.0968. The number of benzene rings is 4. The lowest BCUT2D eigenvalue weighted by Gasteiger charge is -2.43. The molecule has 0 spiro atoms. The van der Waals surface area contributed by atoms with E-state index in [0.29, 0.717) is 0 Å². The van der Waals surface area contributed by atoms with E-state index >= 15 is 0 Å². The summed E-state index contributed by atoms with van der Waals surface area (Å²) in [7, 11) is 0. The standard InChI is InChI=1S/C31H28N4/c32-29-18-19-33-30-17-16-23(20-28(29)30)24-21-34-35(22-24)31(25-10-4-1-5-11-25,26-12-6-2-7-13-26)27-14-8-3-9-15-27/h1-18,20,22,33-34H,19,21,32H2. The fourth-order valence-corrected chi connectivity index (χ4v) is 5.28. The van der Waals surface area contributed by atoms with Crippen molar-refractivity contribution in [3.63, 3.8) is 0 Å². The Morgan fingerprint density at radius 2 is 1.29 bits per heavy atom. The van der Waals surface area contributed by atoms with Crippen molar-refractivity contribution >= 4 is 17.0 Å². The van der Waals surface area contributed by atoms with Crippen molar-refractivity contribution in [1.29, 1.82) is 0 Å². The van der Waals surface area contributed by atoms with Crippen molar-refractivity contribution in [2.75, 3.05) is 18.4 Å². The van der Waals surface area contributed by atoms with E-state index in [-0.39, 0.29) is 0 Å². The molecule has 2 aliphatic heterocycles. The molecule has 0 bridgehead atoms. The van der Waals surface area contributed by atoms with E-state index in [9.17, 15) is 0 Å². The van der Waals surface area contributed by atoms with Crippen molar-refractivity contribution in [1.82, 2.24) is 10.4 Å². The Morgan fingerprint density at radius 1 is 0.714 bits per heavy atom. The van der Waals surface area contributed by atoms with Gasteiger partial charge in [0, 0.05) is 36.2 Å². The Morgan fingerprint density at radius 3 is 1.86 bits per heavy atom. The number of anilines is 1. The van der Waals surface area contributed by atoms with E-state index in [2.05, 4.69) is 131 Å². The highest BCUT2D eigenvalue weighted by molar-refractivity contribution is 5.82. The normalized spacial score (nSPS) is 15.1. The quantitative estimate of drug-likeness (QED) is 0.344. The first-order chi connectivity index (χ1) is 17.3. The predicted molar refractivity (Wildman–Crippen MR) is 144 cm³/mol. The fourth-order valence-electron chi connectivity index (χ4n) is 5.28. The van der Waals surface area contributed by atoms with Crippen LogP contribution in [0, 0.1) is 0 Å². The van der Waals surface area contributed by atoms with Gasteiger partial charge in [0.25, 0.3) is 0 Å². The van der Waals surface area contributed by atoms with Gasteiger partial charge in [-0.2, -0.15) is 0 Å². The number of hydrogen-bond acceptors (Lipinski definition) is 4. The molecule has 4 heteroatoms. The average molecular weight is 457 g/mol. The zero-order chi connectivity index (χ0) is 23.7. The van der Waals surface area contributed by atoms with Gasteiger partial charge in [-0.05, 0) is 46.0 Å². The van der Waals surface area contributed by atoms with E-state index in [1.54, 1.807) is 0 Å². The molecule has 4 aromatic rings. The van der Waals surface area contributed by atoms with Crippen LogP contribution in [0.15, 0.2) is 121 Å². The van der Waals surface area contributed by atoms with Crippen LogP contribution in [0.5, 0.6) is 0 Å². The molecule has 0 atom stereocenters. The van der Waals surface area contributed by atoms with Crippen LogP contribution < -0.4 is 16.5 Å². The second-order valence-electron chi connectivity index (χ2n) is 8.97. The Balaban J connectivity index is 1.53. The van der Waals surface area contributed by atoms with Crippen LogP contribution in [0.25, 0.3) is 11.3 Å². The SMILES string of the molecule is NC1=CCNc2ccc(C3=CN(C(c4ccccc4)(c4ccccc4)c4ccccc4)NC3)cc21. The molecule has 0 aromatic heterocycles. The Hall–Kier alpha value is -4.28. The summed E-state index contributed by atoms with van der Waals surface area (Å²) >= 11 is 0. The van der Waals surface area contributed by atoms with Gasteiger partial charge in [0.15, 0.2) is 0 Å². The van der Waals surface area contributed by atoms with Crippen molar-refractivity contribution in [2.24, 2.45) is 5.73 Å². The summed E-state index contributed by atoms with van der Waals surface area (Å²) < 4.78 is 0. The van der Waals surface area contributed by atoms with Gasteiger partial charge in [-0.1, -0.05) is 97.1 Å².